The maximum atomic E-state index is 13.6. The van der Waals surface area contributed by atoms with Gasteiger partial charge in [-0.3, -0.25) is 19.1 Å². The highest BCUT2D eigenvalue weighted by Crippen LogP contribution is 2.25. The first-order chi connectivity index (χ1) is 17.0. The molecular formula is C26H32N4O5. The average molecular weight is 481 g/mol. The van der Waals surface area contributed by atoms with Crippen molar-refractivity contribution in [3.8, 4) is 22.9 Å². The summed E-state index contributed by atoms with van der Waals surface area (Å²) in [7, 11) is 4.91. The second-order valence-corrected chi connectivity index (χ2v) is 8.68. The van der Waals surface area contributed by atoms with E-state index in [4.69, 9.17) is 19.2 Å². The molecule has 4 rings (SSSR count). The van der Waals surface area contributed by atoms with E-state index >= 15 is 0 Å². The SMILES string of the molecule is COc1cccc(-c2nc3ccc(OCCCN4CCOCC4)cc3c(=O)n2CC(=O)N(C)C)c1. The van der Waals surface area contributed by atoms with Gasteiger partial charge in [0.1, 0.15) is 23.9 Å². The minimum atomic E-state index is -0.290. The summed E-state index contributed by atoms with van der Waals surface area (Å²) in [6.07, 6.45) is 0.882. The highest BCUT2D eigenvalue weighted by molar-refractivity contribution is 5.83. The average Bonchev–Trinajstić information content (AvgIpc) is 2.88. The van der Waals surface area contributed by atoms with Crippen LogP contribution >= 0.6 is 0 Å². The van der Waals surface area contributed by atoms with Crippen molar-refractivity contribution in [2.45, 2.75) is 13.0 Å². The first-order valence-electron chi connectivity index (χ1n) is 11.8. The van der Waals surface area contributed by atoms with Crippen LogP contribution in [-0.2, 0) is 16.1 Å². The molecule has 1 fully saturated rings. The van der Waals surface area contributed by atoms with Crippen molar-refractivity contribution >= 4 is 16.8 Å². The van der Waals surface area contributed by atoms with Gasteiger partial charge >= 0.3 is 0 Å². The minimum absolute atomic E-state index is 0.119. The lowest BCUT2D eigenvalue weighted by Crippen LogP contribution is -2.37. The minimum Gasteiger partial charge on any atom is -0.497 e. The monoisotopic (exact) mass is 480 g/mol. The van der Waals surface area contributed by atoms with Crippen molar-refractivity contribution in [1.82, 2.24) is 19.4 Å². The van der Waals surface area contributed by atoms with Crippen LogP contribution < -0.4 is 15.0 Å². The molecule has 1 saturated heterocycles. The third-order valence-corrected chi connectivity index (χ3v) is 6.04. The summed E-state index contributed by atoms with van der Waals surface area (Å²) in [5.41, 5.74) is 0.946. The van der Waals surface area contributed by atoms with Crippen LogP contribution in [-0.4, -0.2) is 85.9 Å². The lowest BCUT2D eigenvalue weighted by Gasteiger charge is -2.26. The van der Waals surface area contributed by atoms with E-state index in [0.29, 0.717) is 40.4 Å². The maximum Gasteiger partial charge on any atom is 0.262 e. The molecule has 3 aromatic rings. The molecule has 1 aliphatic heterocycles. The number of carbonyl (C=O) groups excluding carboxylic acids is 1. The van der Waals surface area contributed by atoms with Crippen LogP contribution in [0.3, 0.4) is 0 Å². The Morgan fingerprint density at radius 1 is 1.11 bits per heavy atom. The number of amides is 1. The highest BCUT2D eigenvalue weighted by Gasteiger charge is 2.18. The van der Waals surface area contributed by atoms with Crippen molar-refractivity contribution in [2.24, 2.45) is 0 Å². The van der Waals surface area contributed by atoms with Gasteiger partial charge in [0.15, 0.2) is 0 Å². The van der Waals surface area contributed by atoms with E-state index in [1.807, 2.05) is 24.3 Å². The van der Waals surface area contributed by atoms with Crippen LogP contribution in [0.2, 0.25) is 0 Å². The number of carbonyl (C=O) groups is 1. The van der Waals surface area contributed by atoms with Gasteiger partial charge in [0, 0.05) is 39.3 Å². The Hall–Kier alpha value is -3.43. The van der Waals surface area contributed by atoms with E-state index in [9.17, 15) is 9.59 Å². The fourth-order valence-corrected chi connectivity index (χ4v) is 4.00. The van der Waals surface area contributed by atoms with E-state index in [1.54, 1.807) is 39.4 Å². The molecule has 9 nitrogen and oxygen atoms in total. The van der Waals surface area contributed by atoms with Crippen LogP contribution in [0, 0.1) is 0 Å². The number of likely N-dealkylation sites (N-methyl/N-ethyl adjacent to an activating group) is 1. The predicted molar refractivity (Wildman–Crippen MR) is 134 cm³/mol. The summed E-state index contributed by atoms with van der Waals surface area (Å²) in [6.45, 7) is 4.82. The first kappa shape index (κ1) is 24.7. The van der Waals surface area contributed by atoms with Crippen LogP contribution in [0.4, 0.5) is 0 Å². The Balaban J connectivity index is 1.62. The molecule has 1 aromatic heterocycles. The molecule has 0 unspecified atom stereocenters. The number of ether oxygens (including phenoxy) is 3. The van der Waals surface area contributed by atoms with Crippen LogP contribution in [0.1, 0.15) is 6.42 Å². The largest absolute Gasteiger partial charge is 0.497 e. The number of hydrogen-bond donors (Lipinski definition) is 0. The zero-order chi connectivity index (χ0) is 24.8. The predicted octanol–water partition coefficient (Wildman–Crippen LogP) is 2.26. The number of aromatic nitrogens is 2. The second kappa shape index (κ2) is 11.3. The van der Waals surface area contributed by atoms with E-state index in [-0.39, 0.29) is 18.0 Å². The lowest BCUT2D eigenvalue weighted by molar-refractivity contribution is -0.129. The molecule has 1 aliphatic rings. The van der Waals surface area contributed by atoms with Crippen molar-refractivity contribution < 1.29 is 19.0 Å². The van der Waals surface area contributed by atoms with E-state index in [2.05, 4.69) is 4.90 Å². The Morgan fingerprint density at radius 2 is 1.91 bits per heavy atom. The Morgan fingerprint density at radius 3 is 2.66 bits per heavy atom. The molecular weight excluding hydrogens is 448 g/mol. The molecule has 2 aromatic carbocycles. The number of fused-ring (bicyclic) bond motifs is 1. The number of nitrogens with zero attached hydrogens (tertiary/aromatic N) is 4. The first-order valence-corrected chi connectivity index (χ1v) is 11.8. The van der Waals surface area contributed by atoms with Gasteiger partial charge in [0.05, 0.1) is 37.8 Å². The molecule has 35 heavy (non-hydrogen) atoms. The Kier molecular flexibility index (Phi) is 7.99. The van der Waals surface area contributed by atoms with Crippen LogP contribution in [0.15, 0.2) is 47.3 Å². The molecule has 0 saturated carbocycles. The number of rotatable bonds is 9. The highest BCUT2D eigenvalue weighted by atomic mass is 16.5. The summed E-state index contributed by atoms with van der Waals surface area (Å²) in [5.74, 6) is 1.46. The second-order valence-electron chi connectivity index (χ2n) is 8.68. The van der Waals surface area contributed by atoms with Gasteiger partial charge in [-0.25, -0.2) is 4.98 Å². The van der Waals surface area contributed by atoms with E-state index in [0.717, 1.165) is 39.3 Å². The smallest absolute Gasteiger partial charge is 0.262 e. The van der Waals surface area contributed by atoms with Crippen molar-refractivity contribution in [3.63, 3.8) is 0 Å². The molecule has 0 aliphatic carbocycles. The Labute approximate surface area is 204 Å². The van der Waals surface area contributed by atoms with Gasteiger partial charge < -0.3 is 19.1 Å². The molecule has 186 valence electrons. The lowest BCUT2D eigenvalue weighted by atomic mass is 10.1. The molecule has 9 heteroatoms. The molecule has 0 spiro atoms. The fourth-order valence-electron chi connectivity index (χ4n) is 4.00. The standard InChI is InChI=1S/C26H32N4O5/c1-28(2)24(31)18-30-25(19-6-4-7-20(16-19)33-3)27-23-9-8-21(17-22(23)26(30)32)35-13-5-10-29-11-14-34-15-12-29/h4,6-9,16-17H,5,10-15,18H2,1-3H3. The number of morpholine rings is 1. The van der Waals surface area contributed by atoms with Crippen LogP contribution in [0.5, 0.6) is 11.5 Å². The third-order valence-electron chi connectivity index (χ3n) is 6.04. The van der Waals surface area contributed by atoms with E-state index < -0.39 is 0 Å². The topological polar surface area (TPSA) is 86.1 Å². The number of methoxy groups -OCH3 is 1. The molecule has 2 heterocycles. The van der Waals surface area contributed by atoms with Gasteiger partial charge in [0.2, 0.25) is 5.91 Å². The zero-order valence-corrected chi connectivity index (χ0v) is 20.5. The Bertz CT molecular complexity index is 1230. The summed E-state index contributed by atoms with van der Waals surface area (Å²) >= 11 is 0. The van der Waals surface area contributed by atoms with Crippen LogP contribution in [0.25, 0.3) is 22.3 Å². The quantitative estimate of drug-likeness (QED) is 0.434. The van der Waals surface area contributed by atoms with Gasteiger partial charge in [-0.15, -0.1) is 0 Å². The van der Waals surface area contributed by atoms with Gasteiger partial charge in [-0.2, -0.15) is 0 Å². The normalized spacial score (nSPS) is 14.1. The molecule has 0 atom stereocenters. The van der Waals surface area contributed by atoms with E-state index in [1.165, 1.54) is 9.47 Å². The summed E-state index contributed by atoms with van der Waals surface area (Å²) in [4.78, 5) is 34.7. The van der Waals surface area contributed by atoms with Gasteiger partial charge in [-0.05, 0) is 36.8 Å². The van der Waals surface area contributed by atoms with Crippen molar-refractivity contribution in [2.75, 3.05) is 60.7 Å². The van der Waals surface area contributed by atoms with Gasteiger partial charge in [-0.1, -0.05) is 12.1 Å². The maximum absolute atomic E-state index is 13.6. The van der Waals surface area contributed by atoms with Gasteiger partial charge in [0.25, 0.3) is 5.56 Å². The molecule has 1 amide bonds. The number of benzene rings is 2. The zero-order valence-electron chi connectivity index (χ0n) is 20.5. The fraction of sp³-hybridized carbons (Fsp3) is 0.423. The summed E-state index contributed by atoms with van der Waals surface area (Å²) < 4.78 is 18.1. The summed E-state index contributed by atoms with van der Waals surface area (Å²) in [5, 5.41) is 0.411. The van der Waals surface area contributed by atoms with Crippen molar-refractivity contribution in [1.29, 1.82) is 0 Å². The molecule has 0 N–H and O–H groups in total. The molecule has 0 radical (unpaired) electrons. The number of hydrogen-bond acceptors (Lipinski definition) is 7. The third kappa shape index (κ3) is 5.98. The molecule has 0 bridgehead atoms. The summed E-state index contributed by atoms with van der Waals surface area (Å²) in [6, 6.07) is 12.6. The van der Waals surface area contributed by atoms with Crippen molar-refractivity contribution in [3.05, 3.63) is 52.8 Å².